The third kappa shape index (κ3) is 4.80. The molecule has 0 atom stereocenters. The summed E-state index contributed by atoms with van der Waals surface area (Å²) in [7, 11) is 0. The maximum Gasteiger partial charge on any atom is 0.264 e. The van der Waals surface area contributed by atoms with E-state index >= 15 is 0 Å². The third-order valence-corrected chi connectivity index (χ3v) is 5.60. The molecule has 1 saturated carbocycles. The van der Waals surface area contributed by atoms with Gasteiger partial charge in [0.05, 0.1) is 10.9 Å². The molecule has 1 N–H and O–H groups in total. The molecule has 0 unspecified atom stereocenters. The van der Waals surface area contributed by atoms with E-state index in [1.807, 2.05) is 60.7 Å². The number of ether oxygens (including phenoxy) is 1. The van der Waals surface area contributed by atoms with Gasteiger partial charge < -0.3 is 10.1 Å². The molecule has 0 spiro atoms. The van der Waals surface area contributed by atoms with Gasteiger partial charge in [0.25, 0.3) is 5.91 Å². The first-order valence-electron chi connectivity index (χ1n) is 9.32. The minimum absolute atomic E-state index is 0.0765. The van der Waals surface area contributed by atoms with Gasteiger partial charge in [0.1, 0.15) is 12.4 Å². The molecule has 2 fully saturated rings. The van der Waals surface area contributed by atoms with Crippen molar-refractivity contribution in [3.8, 4) is 5.75 Å². The van der Waals surface area contributed by atoms with Crippen molar-refractivity contribution >= 4 is 28.9 Å². The first kappa shape index (κ1) is 17.9. The monoisotopic (exact) mass is 378 g/mol. The van der Waals surface area contributed by atoms with Crippen LogP contribution >= 0.6 is 11.8 Å². The number of aliphatic imine (C=N–C) groups is 1. The van der Waals surface area contributed by atoms with Crippen LogP contribution in [0.1, 0.15) is 36.8 Å². The van der Waals surface area contributed by atoms with Gasteiger partial charge in [-0.2, -0.15) is 0 Å². The Bertz CT molecular complexity index is 871. The number of nitrogens with one attached hydrogen (secondary N) is 1. The van der Waals surface area contributed by atoms with Gasteiger partial charge in [-0.1, -0.05) is 55.3 Å². The summed E-state index contributed by atoms with van der Waals surface area (Å²) in [5, 5.41) is 3.62. The lowest BCUT2D eigenvalue weighted by Gasteiger charge is -2.07. The van der Waals surface area contributed by atoms with Crippen LogP contribution in [0.5, 0.6) is 5.75 Å². The fraction of sp³-hybridized carbons (Fsp3) is 0.273. The Kier molecular flexibility index (Phi) is 5.58. The second-order valence-electron chi connectivity index (χ2n) is 6.78. The summed E-state index contributed by atoms with van der Waals surface area (Å²) in [5.41, 5.74) is 2.07. The highest BCUT2D eigenvalue weighted by atomic mass is 32.2. The van der Waals surface area contributed by atoms with Crippen LogP contribution in [0.2, 0.25) is 0 Å². The molecular weight excluding hydrogens is 356 g/mol. The molecule has 27 heavy (non-hydrogen) atoms. The maximum atomic E-state index is 12.2. The van der Waals surface area contributed by atoms with Crippen LogP contribution in [0.3, 0.4) is 0 Å². The molecule has 1 aliphatic carbocycles. The molecule has 1 amide bonds. The van der Waals surface area contributed by atoms with Crippen LogP contribution in [-0.2, 0) is 11.4 Å². The number of hydrogen-bond acceptors (Lipinski definition) is 4. The van der Waals surface area contributed by atoms with Crippen molar-refractivity contribution in [3.63, 3.8) is 0 Å². The van der Waals surface area contributed by atoms with Crippen LogP contribution in [0.15, 0.2) is 64.5 Å². The lowest BCUT2D eigenvalue weighted by molar-refractivity contribution is -0.115. The van der Waals surface area contributed by atoms with Crippen molar-refractivity contribution in [2.45, 2.75) is 38.3 Å². The lowest BCUT2D eigenvalue weighted by atomic mass is 10.2. The molecule has 0 radical (unpaired) electrons. The summed E-state index contributed by atoms with van der Waals surface area (Å²) in [5.74, 6) is 0.712. The zero-order valence-electron chi connectivity index (χ0n) is 15.1. The molecule has 1 saturated heterocycles. The molecule has 1 heterocycles. The van der Waals surface area contributed by atoms with Crippen molar-refractivity contribution in [1.29, 1.82) is 0 Å². The fourth-order valence-electron chi connectivity index (χ4n) is 3.27. The predicted molar refractivity (Wildman–Crippen MR) is 111 cm³/mol. The Morgan fingerprint density at radius 1 is 1.11 bits per heavy atom. The normalized spacial score (nSPS) is 20.4. The van der Waals surface area contributed by atoms with Crippen LogP contribution in [0, 0.1) is 0 Å². The summed E-state index contributed by atoms with van der Waals surface area (Å²) in [6, 6.07) is 18.2. The standard InChI is InChI=1S/C22H22N2O2S/c25-21-20(27-22(24-21)23-18-10-4-5-11-18)14-17-9-6-12-19(13-17)26-15-16-7-2-1-3-8-16/h1-3,6-9,12-14,18H,4-5,10-11,15H2,(H,23,24,25)/b20-14-. The van der Waals surface area contributed by atoms with E-state index in [4.69, 9.17) is 4.74 Å². The number of amidine groups is 1. The summed E-state index contributed by atoms with van der Waals surface area (Å²) >= 11 is 1.43. The van der Waals surface area contributed by atoms with Gasteiger partial charge in [-0.05, 0) is 53.9 Å². The van der Waals surface area contributed by atoms with Crippen molar-refractivity contribution in [3.05, 3.63) is 70.6 Å². The van der Waals surface area contributed by atoms with Gasteiger partial charge in [0, 0.05) is 0 Å². The van der Waals surface area contributed by atoms with Gasteiger partial charge >= 0.3 is 0 Å². The smallest absolute Gasteiger partial charge is 0.264 e. The Balaban J connectivity index is 1.43. The Morgan fingerprint density at radius 3 is 2.74 bits per heavy atom. The highest BCUT2D eigenvalue weighted by molar-refractivity contribution is 8.18. The third-order valence-electron chi connectivity index (χ3n) is 4.68. The molecule has 2 aromatic carbocycles. The van der Waals surface area contributed by atoms with Gasteiger partial charge in [0.2, 0.25) is 0 Å². The Morgan fingerprint density at radius 2 is 1.93 bits per heavy atom. The number of hydrogen-bond donors (Lipinski definition) is 1. The van der Waals surface area contributed by atoms with Crippen molar-refractivity contribution in [2.24, 2.45) is 4.99 Å². The molecular formula is C22H22N2O2S. The average molecular weight is 378 g/mol. The number of carbonyl (C=O) groups excluding carboxylic acids is 1. The van der Waals surface area contributed by atoms with Gasteiger partial charge in [-0.15, -0.1) is 0 Å². The molecule has 2 aromatic rings. The van der Waals surface area contributed by atoms with E-state index in [0.29, 0.717) is 17.6 Å². The zero-order valence-corrected chi connectivity index (χ0v) is 15.9. The molecule has 4 rings (SSSR count). The molecule has 4 nitrogen and oxygen atoms in total. The summed E-state index contributed by atoms with van der Waals surface area (Å²) in [6.45, 7) is 0.522. The molecule has 2 aliphatic rings. The van der Waals surface area contributed by atoms with Crippen molar-refractivity contribution in [2.75, 3.05) is 0 Å². The van der Waals surface area contributed by atoms with E-state index in [1.54, 1.807) is 0 Å². The number of benzene rings is 2. The maximum absolute atomic E-state index is 12.2. The topological polar surface area (TPSA) is 50.7 Å². The Labute approximate surface area is 163 Å². The molecule has 0 bridgehead atoms. The van der Waals surface area contributed by atoms with Crippen LogP contribution < -0.4 is 10.1 Å². The van der Waals surface area contributed by atoms with Gasteiger partial charge in [0.15, 0.2) is 5.17 Å². The number of rotatable bonds is 5. The molecule has 5 heteroatoms. The SMILES string of the molecule is O=C1NC(=NC2CCCC2)S/C1=C\c1cccc(OCc2ccccc2)c1. The van der Waals surface area contributed by atoms with E-state index in [2.05, 4.69) is 10.3 Å². The highest BCUT2D eigenvalue weighted by Gasteiger charge is 2.25. The van der Waals surface area contributed by atoms with Crippen molar-refractivity contribution in [1.82, 2.24) is 5.32 Å². The number of nitrogens with zero attached hydrogens (tertiary/aromatic N) is 1. The van der Waals surface area contributed by atoms with Crippen molar-refractivity contribution < 1.29 is 9.53 Å². The summed E-state index contributed by atoms with van der Waals surface area (Å²) < 4.78 is 5.87. The van der Waals surface area contributed by atoms with E-state index in [0.717, 1.165) is 34.9 Å². The largest absolute Gasteiger partial charge is 0.489 e. The van der Waals surface area contributed by atoms with E-state index in [9.17, 15) is 4.79 Å². The second kappa shape index (κ2) is 8.44. The lowest BCUT2D eigenvalue weighted by Crippen LogP contribution is -2.21. The highest BCUT2D eigenvalue weighted by Crippen LogP contribution is 2.29. The van der Waals surface area contributed by atoms with Crippen LogP contribution in [0.4, 0.5) is 0 Å². The molecule has 0 aromatic heterocycles. The predicted octanol–water partition coefficient (Wildman–Crippen LogP) is 4.77. The minimum Gasteiger partial charge on any atom is -0.489 e. The molecule has 1 aliphatic heterocycles. The number of thioether (sulfide) groups is 1. The fourth-order valence-corrected chi connectivity index (χ4v) is 4.17. The number of carbonyl (C=O) groups is 1. The second-order valence-corrected chi connectivity index (χ2v) is 7.81. The minimum atomic E-state index is -0.0765. The van der Waals surface area contributed by atoms with Crippen LogP contribution in [0.25, 0.3) is 6.08 Å². The first-order valence-corrected chi connectivity index (χ1v) is 10.1. The number of amides is 1. The first-order chi connectivity index (χ1) is 13.3. The summed E-state index contributed by atoms with van der Waals surface area (Å²) in [6.07, 6.45) is 6.61. The molecule has 138 valence electrons. The summed E-state index contributed by atoms with van der Waals surface area (Å²) in [4.78, 5) is 17.6. The Hall–Kier alpha value is -2.53. The zero-order chi connectivity index (χ0) is 18.5. The van der Waals surface area contributed by atoms with E-state index < -0.39 is 0 Å². The van der Waals surface area contributed by atoms with Crippen LogP contribution in [-0.4, -0.2) is 17.1 Å². The van der Waals surface area contributed by atoms with E-state index in [1.165, 1.54) is 24.6 Å². The quantitative estimate of drug-likeness (QED) is 0.763. The van der Waals surface area contributed by atoms with E-state index in [-0.39, 0.29) is 5.91 Å². The average Bonchev–Trinajstić information content (AvgIpc) is 3.31. The van der Waals surface area contributed by atoms with Gasteiger partial charge in [-0.3, -0.25) is 9.79 Å². The van der Waals surface area contributed by atoms with Gasteiger partial charge in [-0.25, -0.2) is 0 Å².